The number of hydrogen-bond donors (Lipinski definition) is 1. The fraction of sp³-hybridized carbons (Fsp3) is 0.333. The Morgan fingerprint density at radius 1 is 1.47 bits per heavy atom. The minimum Gasteiger partial charge on any atom is -0.444 e. The van der Waals surface area contributed by atoms with Crippen LogP contribution in [0.3, 0.4) is 0 Å². The molecule has 3 heterocycles. The first-order chi connectivity index (χ1) is 9.17. The van der Waals surface area contributed by atoms with Crippen molar-refractivity contribution in [2.75, 3.05) is 18.0 Å². The number of rotatable bonds is 2. The van der Waals surface area contributed by atoms with E-state index in [1.54, 1.807) is 12.1 Å². The second-order valence-corrected chi connectivity index (χ2v) is 5.06. The zero-order chi connectivity index (χ0) is 13.4. The highest BCUT2D eigenvalue weighted by molar-refractivity contribution is 9.10. The van der Waals surface area contributed by atoms with Crippen molar-refractivity contribution in [3.05, 3.63) is 22.5 Å². The van der Waals surface area contributed by atoms with Crippen LogP contribution in [0.2, 0.25) is 0 Å². The average Bonchev–Trinajstić information content (AvgIpc) is 3.07. The topological polar surface area (TPSA) is 86.4 Å². The van der Waals surface area contributed by atoms with Crippen molar-refractivity contribution in [3.8, 4) is 17.7 Å². The number of anilines is 1. The van der Waals surface area contributed by atoms with E-state index >= 15 is 0 Å². The maximum Gasteiger partial charge on any atom is 0.266 e. The van der Waals surface area contributed by atoms with Gasteiger partial charge in [-0.2, -0.15) is 10.2 Å². The molecule has 1 N–H and O–H groups in total. The molecule has 7 heteroatoms. The van der Waals surface area contributed by atoms with Gasteiger partial charge in [-0.1, -0.05) is 0 Å². The second-order valence-electron chi connectivity index (χ2n) is 4.28. The maximum absolute atomic E-state index is 9.54. The highest BCUT2D eigenvalue weighted by atomic mass is 79.9. The summed E-state index contributed by atoms with van der Waals surface area (Å²) in [5.74, 6) is 1.11. The van der Waals surface area contributed by atoms with Crippen molar-refractivity contribution in [2.24, 2.45) is 0 Å². The van der Waals surface area contributed by atoms with Crippen molar-refractivity contribution in [3.63, 3.8) is 0 Å². The number of nitrogens with zero attached hydrogens (tertiary/aromatic N) is 3. The Balaban J connectivity index is 1.97. The lowest BCUT2D eigenvalue weighted by atomic mass is 10.3. The summed E-state index contributed by atoms with van der Waals surface area (Å²) < 4.78 is 11.5. The van der Waals surface area contributed by atoms with Gasteiger partial charge in [0.05, 0.1) is 6.10 Å². The van der Waals surface area contributed by atoms with Crippen LogP contribution in [0.1, 0.15) is 12.1 Å². The number of aliphatic hydroxyl groups excluding tert-OH is 1. The molecular formula is C12H10BrN3O3. The van der Waals surface area contributed by atoms with Crippen LogP contribution in [0.15, 0.2) is 25.6 Å². The summed E-state index contributed by atoms with van der Waals surface area (Å²) >= 11 is 3.20. The normalized spacial score (nSPS) is 18.8. The molecule has 0 amide bonds. The summed E-state index contributed by atoms with van der Waals surface area (Å²) in [5.41, 5.74) is 0.205. The van der Waals surface area contributed by atoms with Crippen LogP contribution in [0.5, 0.6) is 0 Å². The van der Waals surface area contributed by atoms with Crippen LogP contribution in [0, 0.1) is 11.3 Å². The summed E-state index contributed by atoms with van der Waals surface area (Å²) in [6, 6.07) is 5.44. The molecule has 2 aromatic heterocycles. The molecule has 0 radical (unpaired) electrons. The van der Waals surface area contributed by atoms with E-state index in [2.05, 4.69) is 20.9 Å². The third-order valence-electron chi connectivity index (χ3n) is 2.95. The highest BCUT2D eigenvalue weighted by Crippen LogP contribution is 2.31. The molecule has 1 saturated heterocycles. The smallest absolute Gasteiger partial charge is 0.266 e. The van der Waals surface area contributed by atoms with Gasteiger partial charge in [-0.15, -0.1) is 0 Å². The minimum absolute atomic E-state index is 0.205. The van der Waals surface area contributed by atoms with E-state index in [1.165, 1.54) is 0 Å². The third kappa shape index (κ3) is 2.25. The number of nitriles is 1. The number of aliphatic hydroxyl groups is 1. The Morgan fingerprint density at radius 3 is 2.89 bits per heavy atom. The first-order valence-electron chi connectivity index (χ1n) is 5.77. The molecule has 0 saturated carbocycles. The van der Waals surface area contributed by atoms with Gasteiger partial charge in [0.1, 0.15) is 6.07 Å². The maximum atomic E-state index is 9.54. The molecular weight excluding hydrogens is 314 g/mol. The van der Waals surface area contributed by atoms with Gasteiger partial charge < -0.3 is 18.8 Å². The summed E-state index contributed by atoms with van der Waals surface area (Å²) in [7, 11) is 0. The summed E-state index contributed by atoms with van der Waals surface area (Å²) in [6.07, 6.45) is 0.269. The van der Waals surface area contributed by atoms with Gasteiger partial charge in [0.25, 0.3) is 5.89 Å². The molecule has 0 aromatic carbocycles. The quantitative estimate of drug-likeness (QED) is 0.911. The van der Waals surface area contributed by atoms with Crippen LogP contribution in [0.25, 0.3) is 11.7 Å². The fourth-order valence-corrected chi connectivity index (χ4v) is 2.37. The van der Waals surface area contributed by atoms with E-state index in [0.717, 1.165) is 0 Å². The van der Waals surface area contributed by atoms with Crippen LogP contribution in [-0.4, -0.2) is 29.3 Å². The van der Waals surface area contributed by atoms with Gasteiger partial charge in [0.15, 0.2) is 10.4 Å². The molecule has 1 atom stereocenters. The molecule has 2 aromatic rings. The predicted molar refractivity (Wildman–Crippen MR) is 69.5 cm³/mol. The molecule has 1 fully saturated rings. The van der Waals surface area contributed by atoms with Gasteiger partial charge in [0.2, 0.25) is 11.6 Å². The summed E-state index contributed by atoms with van der Waals surface area (Å²) in [4.78, 5) is 5.93. The summed E-state index contributed by atoms with van der Waals surface area (Å²) in [5, 5.41) is 18.6. The lowest BCUT2D eigenvalue weighted by Gasteiger charge is -2.12. The van der Waals surface area contributed by atoms with Crippen molar-refractivity contribution in [1.82, 2.24) is 4.98 Å². The standard InChI is InChI=1S/C12H10BrN3O3/c13-10-2-1-9(18-10)11-15-8(5-14)12(19-11)16-4-3-7(17)6-16/h1-2,7,17H,3-4,6H2. The van der Waals surface area contributed by atoms with E-state index in [9.17, 15) is 5.11 Å². The van der Waals surface area contributed by atoms with E-state index in [4.69, 9.17) is 14.1 Å². The van der Waals surface area contributed by atoms with Gasteiger partial charge in [0, 0.05) is 13.1 Å². The molecule has 98 valence electrons. The molecule has 3 rings (SSSR count). The first-order valence-corrected chi connectivity index (χ1v) is 6.56. The molecule has 1 unspecified atom stereocenters. The average molecular weight is 324 g/mol. The zero-order valence-electron chi connectivity index (χ0n) is 9.84. The minimum atomic E-state index is -0.391. The van der Waals surface area contributed by atoms with Gasteiger partial charge >= 0.3 is 0 Å². The SMILES string of the molecule is N#Cc1nc(-c2ccc(Br)o2)oc1N1CCC(O)C1. The van der Waals surface area contributed by atoms with Crippen molar-refractivity contribution in [2.45, 2.75) is 12.5 Å². The molecule has 1 aliphatic heterocycles. The molecule has 0 bridgehead atoms. The van der Waals surface area contributed by atoms with Gasteiger partial charge in [-0.3, -0.25) is 0 Å². The van der Waals surface area contributed by atoms with Crippen molar-refractivity contribution in [1.29, 1.82) is 5.26 Å². The van der Waals surface area contributed by atoms with Crippen molar-refractivity contribution < 1.29 is 13.9 Å². The third-order valence-corrected chi connectivity index (χ3v) is 3.38. The van der Waals surface area contributed by atoms with E-state index < -0.39 is 6.10 Å². The number of hydrogen-bond acceptors (Lipinski definition) is 6. The van der Waals surface area contributed by atoms with Gasteiger partial charge in [-0.25, -0.2) is 0 Å². The molecule has 1 aliphatic rings. The molecule has 19 heavy (non-hydrogen) atoms. The van der Waals surface area contributed by atoms with E-state index in [-0.39, 0.29) is 11.6 Å². The lowest BCUT2D eigenvalue weighted by Crippen LogP contribution is -2.21. The zero-order valence-corrected chi connectivity index (χ0v) is 11.4. The van der Waals surface area contributed by atoms with Crippen LogP contribution >= 0.6 is 15.9 Å². The number of aromatic nitrogens is 1. The number of furan rings is 1. The molecule has 6 nitrogen and oxygen atoms in total. The fourth-order valence-electron chi connectivity index (χ4n) is 2.06. The van der Waals surface area contributed by atoms with Crippen molar-refractivity contribution >= 4 is 21.8 Å². The number of oxazole rings is 1. The van der Waals surface area contributed by atoms with E-state index in [0.29, 0.717) is 35.8 Å². The summed E-state index contributed by atoms with van der Waals surface area (Å²) in [6.45, 7) is 1.09. The largest absolute Gasteiger partial charge is 0.444 e. The van der Waals surface area contributed by atoms with Gasteiger partial charge in [-0.05, 0) is 34.5 Å². The Labute approximate surface area is 117 Å². The molecule has 0 spiro atoms. The number of halogens is 1. The number of β-amino-alcohol motifs (C(OH)–C–C–N with tert-alkyl or cyclic N) is 1. The lowest BCUT2D eigenvalue weighted by molar-refractivity contribution is 0.198. The Morgan fingerprint density at radius 2 is 2.32 bits per heavy atom. The van der Waals surface area contributed by atoms with Crippen LogP contribution < -0.4 is 4.90 Å². The Hall–Kier alpha value is -1.78. The monoisotopic (exact) mass is 323 g/mol. The first kappa shape index (κ1) is 12.3. The molecule has 0 aliphatic carbocycles. The van der Waals surface area contributed by atoms with Crippen LogP contribution in [-0.2, 0) is 0 Å². The van der Waals surface area contributed by atoms with E-state index in [1.807, 2.05) is 11.0 Å². The second kappa shape index (κ2) is 4.72. The Kier molecular flexibility index (Phi) is 3.05. The predicted octanol–water partition coefficient (Wildman–Crippen LogP) is 2.14. The van der Waals surface area contributed by atoms with Crippen LogP contribution in [0.4, 0.5) is 5.88 Å². The Bertz CT molecular complexity index is 643. The highest BCUT2D eigenvalue weighted by Gasteiger charge is 2.27.